The van der Waals surface area contributed by atoms with E-state index in [-0.39, 0.29) is 28.8 Å². The number of piperidine rings is 1. The lowest BCUT2D eigenvalue weighted by Gasteiger charge is -2.31. The van der Waals surface area contributed by atoms with E-state index >= 15 is 4.39 Å². The van der Waals surface area contributed by atoms with Crippen LogP contribution in [0.1, 0.15) is 37.4 Å². The summed E-state index contributed by atoms with van der Waals surface area (Å²) in [4.78, 5) is 18.7. The van der Waals surface area contributed by atoms with Gasteiger partial charge in [0, 0.05) is 41.3 Å². The van der Waals surface area contributed by atoms with Crippen LogP contribution >= 0.6 is 0 Å². The lowest BCUT2D eigenvalue weighted by atomic mass is 10.0. The molecule has 0 aromatic carbocycles. The molecule has 7 nitrogen and oxygen atoms in total. The molecule has 0 bridgehead atoms. The number of pyridine rings is 2. The molecule has 178 valence electrons. The molecule has 1 aliphatic rings. The summed E-state index contributed by atoms with van der Waals surface area (Å²) < 4.78 is 29.8. The minimum Gasteiger partial charge on any atom is -0.381 e. The Morgan fingerprint density at radius 2 is 2.03 bits per heavy atom. The van der Waals surface area contributed by atoms with Crippen LogP contribution in [0.15, 0.2) is 37.2 Å². The second kappa shape index (κ2) is 10.2. The van der Waals surface area contributed by atoms with Gasteiger partial charge in [-0.1, -0.05) is 19.9 Å². The second-order valence-electron chi connectivity index (χ2n) is 8.66. The topological polar surface area (TPSA) is 92.8 Å². The lowest BCUT2D eigenvalue weighted by molar-refractivity contribution is 0.239. The third-order valence-corrected chi connectivity index (χ3v) is 5.91. The van der Waals surface area contributed by atoms with E-state index < -0.39 is 11.8 Å². The van der Waals surface area contributed by atoms with Gasteiger partial charge in [-0.05, 0) is 51.1 Å². The van der Waals surface area contributed by atoms with Crippen molar-refractivity contribution in [2.24, 2.45) is 0 Å². The summed E-state index contributed by atoms with van der Waals surface area (Å²) >= 11 is 0. The van der Waals surface area contributed by atoms with Gasteiger partial charge in [-0.15, -0.1) is 0 Å². The summed E-state index contributed by atoms with van der Waals surface area (Å²) in [6.07, 6.45) is 6.79. The van der Waals surface area contributed by atoms with Crippen LogP contribution < -0.4 is 11.1 Å². The summed E-state index contributed by atoms with van der Waals surface area (Å²) in [6.45, 7) is 8.06. The standard InChI is InChI=1S/C25H29F2N7/c1-4-6-17-9-8-16(12-29-17)20-11-19(15(2)31-18-7-5-10-34(3)14-18)22(26)23(32-20)21-13-30-25(28)24(27)33-21/h8-9,11-13,18,31H,2,4-7,10,14H2,1,3H3,(H2,28,30). The number of aromatic nitrogens is 4. The zero-order valence-electron chi connectivity index (χ0n) is 19.5. The maximum Gasteiger partial charge on any atom is 0.256 e. The van der Waals surface area contributed by atoms with Gasteiger partial charge in [-0.2, -0.15) is 4.39 Å². The summed E-state index contributed by atoms with van der Waals surface area (Å²) in [5.41, 5.74) is 8.11. The van der Waals surface area contributed by atoms with E-state index in [1.54, 1.807) is 12.3 Å². The highest BCUT2D eigenvalue weighted by atomic mass is 19.1. The van der Waals surface area contributed by atoms with Crippen molar-refractivity contribution < 1.29 is 8.78 Å². The molecular weight excluding hydrogens is 436 g/mol. The van der Waals surface area contributed by atoms with E-state index in [9.17, 15) is 4.39 Å². The van der Waals surface area contributed by atoms with Crippen molar-refractivity contribution in [3.8, 4) is 22.6 Å². The van der Waals surface area contributed by atoms with Crippen LogP contribution in [0, 0.1) is 11.8 Å². The minimum absolute atomic E-state index is 0.0481. The first-order chi connectivity index (χ1) is 16.4. The number of nitrogens with one attached hydrogen (secondary N) is 1. The average molecular weight is 466 g/mol. The summed E-state index contributed by atoms with van der Waals surface area (Å²) in [6, 6.07) is 5.61. The average Bonchev–Trinajstić information content (AvgIpc) is 2.82. The first-order valence-corrected chi connectivity index (χ1v) is 11.4. The van der Waals surface area contributed by atoms with E-state index in [0.717, 1.165) is 44.5 Å². The number of hydrogen-bond acceptors (Lipinski definition) is 7. The third-order valence-electron chi connectivity index (χ3n) is 5.91. The van der Waals surface area contributed by atoms with Crippen LogP contribution in [0.25, 0.3) is 28.3 Å². The quantitative estimate of drug-likeness (QED) is 0.543. The van der Waals surface area contributed by atoms with Crippen LogP contribution in [-0.2, 0) is 6.42 Å². The van der Waals surface area contributed by atoms with Gasteiger partial charge in [0.15, 0.2) is 11.6 Å². The van der Waals surface area contributed by atoms with Crippen molar-refractivity contribution in [1.29, 1.82) is 0 Å². The minimum atomic E-state index is -0.974. The normalized spacial score (nSPS) is 16.4. The molecular formula is C25H29F2N7. The number of likely N-dealkylation sites (tertiary alicyclic amines) is 1. The largest absolute Gasteiger partial charge is 0.381 e. The molecule has 0 saturated carbocycles. The van der Waals surface area contributed by atoms with Crippen molar-refractivity contribution in [1.82, 2.24) is 30.2 Å². The summed E-state index contributed by atoms with van der Waals surface area (Å²) in [7, 11) is 2.06. The molecule has 34 heavy (non-hydrogen) atoms. The van der Waals surface area contributed by atoms with Crippen LogP contribution in [0.4, 0.5) is 14.6 Å². The van der Waals surface area contributed by atoms with Gasteiger partial charge in [0.2, 0.25) is 0 Å². The number of anilines is 1. The zero-order valence-corrected chi connectivity index (χ0v) is 19.5. The van der Waals surface area contributed by atoms with Crippen molar-refractivity contribution in [3.63, 3.8) is 0 Å². The molecule has 0 aliphatic carbocycles. The van der Waals surface area contributed by atoms with E-state index in [2.05, 4.69) is 50.7 Å². The Labute approximate surface area is 198 Å². The Balaban J connectivity index is 1.76. The molecule has 9 heteroatoms. The Morgan fingerprint density at radius 1 is 1.21 bits per heavy atom. The zero-order chi connectivity index (χ0) is 24.2. The second-order valence-corrected chi connectivity index (χ2v) is 8.66. The molecule has 3 N–H and O–H groups in total. The van der Waals surface area contributed by atoms with Crippen molar-refractivity contribution in [2.75, 3.05) is 25.9 Å². The predicted octanol–water partition coefficient (Wildman–Crippen LogP) is 4.07. The number of nitrogen functional groups attached to an aromatic ring is 1. The monoisotopic (exact) mass is 465 g/mol. The molecule has 1 aliphatic heterocycles. The SMILES string of the molecule is C=C(NC1CCCN(C)C1)c1cc(-c2ccc(CCC)nc2)nc(-c2cnc(N)c(F)n2)c1F. The number of rotatable bonds is 7. The van der Waals surface area contributed by atoms with E-state index in [4.69, 9.17) is 5.73 Å². The maximum absolute atomic E-state index is 15.7. The first-order valence-electron chi connectivity index (χ1n) is 11.4. The van der Waals surface area contributed by atoms with Crippen molar-refractivity contribution >= 4 is 11.5 Å². The van der Waals surface area contributed by atoms with Gasteiger partial charge in [0.05, 0.1) is 11.9 Å². The third kappa shape index (κ3) is 5.20. The fraction of sp³-hybridized carbons (Fsp3) is 0.360. The smallest absolute Gasteiger partial charge is 0.256 e. The van der Waals surface area contributed by atoms with Crippen LogP contribution in [0.5, 0.6) is 0 Å². The molecule has 0 spiro atoms. The van der Waals surface area contributed by atoms with Crippen LogP contribution in [0.2, 0.25) is 0 Å². The number of nitrogens with two attached hydrogens (primary N) is 1. The van der Waals surface area contributed by atoms with Gasteiger partial charge in [0.25, 0.3) is 5.95 Å². The van der Waals surface area contributed by atoms with Gasteiger partial charge >= 0.3 is 0 Å². The Morgan fingerprint density at radius 3 is 2.71 bits per heavy atom. The van der Waals surface area contributed by atoms with E-state index in [0.29, 0.717) is 17.0 Å². The molecule has 0 amide bonds. The summed E-state index contributed by atoms with van der Waals surface area (Å²) in [5.74, 6) is -1.98. The van der Waals surface area contributed by atoms with Crippen molar-refractivity contribution in [2.45, 2.75) is 38.6 Å². The molecule has 3 aromatic heterocycles. The fourth-order valence-corrected chi connectivity index (χ4v) is 4.14. The molecule has 0 radical (unpaired) electrons. The Hall–Kier alpha value is -3.46. The van der Waals surface area contributed by atoms with Gasteiger partial charge in [-0.25, -0.2) is 19.3 Å². The number of nitrogens with zero attached hydrogens (tertiary/aromatic N) is 5. The Bertz CT molecular complexity index is 1180. The van der Waals surface area contributed by atoms with Gasteiger partial charge in [-0.3, -0.25) is 4.98 Å². The molecule has 4 rings (SSSR count). The molecule has 3 aromatic rings. The number of halogens is 2. The van der Waals surface area contributed by atoms with E-state index in [1.165, 1.54) is 6.20 Å². The molecule has 4 heterocycles. The molecule has 1 saturated heterocycles. The highest BCUT2D eigenvalue weighted by molar-refractivity contribution is 5.74. The van der Waals surface area contributed by atoms with Gasteiger partial charge < -0.3 is 16.0 Å². The lowest BCUT2D eigenvalue weighted by Crippen LogP contribution is -2.43. The maximum atomic E-state index is 15.7. The fourth-order valence-electron chi connectivity index (χ4n) is 4.14. The predicted molar refractivity (Wildman–Crippen MR) is 130 cm³/mol. The first kappa shape index (κ1) is 23.7. The number of aryl methyl sites for hydroxylation is 1. The highest BCUT2D eigenvalue weighted by Gasteiger charge is 2.23. The van der Waals surface area contributed by atoms with Crippen molar-refractivity contribution in [3.05, 3.63) is 60.2 Å². The number of likely N-dealkylation sites (N-methyl/N-ethyl adjacent to an activating group) is 1. The van der Waals surface area contributed by atoms with E-state index in [1.807, 2.05) is 12.1 Å². The Kier molecular flexibility index (Phi) is 7.12. The highest BCUT2D eigenvalue weighted by Crippen LogP contribution is 2.30. The summed E-state index contributed by atoms with van der Waals surface area (Å²) in [5, 5.41) is 3.36. The van der Waals surface area contributed by atoms with Crippen LogP contribution in [0.3, 0.4) is 0 Å². The number of hydrogen-bond donors (Lipinski definition) is 2. The van der Waals surface area contributed by atoms with Crippen LogP contribution in [-0.4, -0.2) is 51.0 Å². The molecule has 1 unspecified atom stereocenters. The molecule has 1 fully saturated rings. The molecule has 1 atom stereocenters. The van der Waals surface area contributed by atoms with Gasteiger partial charge in [0.1, 0.15) is 11.4 Å².